The van der Waals surface area contributed by atoms with Gasteiger partial charge >= 0.3 is 0 Å². The third-order valence-electron chi connectivity index (χ3n) is 4.04. The molecule has 1 aromatic rings. The van der Waals surface area contributed by atoms with Crippen molar-refractivity contribution < 1.29 is 0 Å². The van der Waals surface area contributed by atoms with Crippen molar-refractivity contribution in [3.05, 3.63) is 28.0 Å². The van der Waals surface area contributed by atoms with Crippen molar-refractivity contribution in [3.63, 3.8) is 0 Å². The number of nitrogens with two attached hydrogens (primary N) is 1. The van der Waals surface area contributed by atoms with Crippen LogP contribution in [0.15, 0.2) is 12.3 Å². The average molecular weight is 316 g/mol. The molecule has 20 heavy (non-hydrogen) atoms. The average Bonchev–Trinajstić information content (AvgIpc) is 2.42. The van der Waals surface area contributed by atoms with E-state index < -0.39 is 0 Å². The third-order valence-corrected chi connectivity index (χ3v) is 4.60. The smallest absolute Gasteiger partial charge is 0.130 e. The fraction of sp³-hybridized carbons (Fsp3) is 0.667. The minimum Gasteiger partial charge on any atom is -0.328 e. The molecule has 1 heterocycles. The zero-order valence-corrected chi connectivity index (χ0v) is 13.5. The highest BCUT2D eigenvalue weighted by Gasteiger charge is 2.24. The fourth-order valence-corrected chi connectivity index (χ4v) is 3.34. The van der Waals surface area contributed by atoms with E-state index in [1.165, 1.54) is 12.8 Å². The number of hydrogen-bond donors (Lipinski definition) is 1. The maximum Gasteiger partial charge on any atom is 0.130 e. The Hall–Kier alpha value is -0.350. The highest BCUT2D eigenvalue weighted by molar-refractivity contribution is 6.34. The van der Waals surface area contributed by atoms with Crippen LogP contribution in [0.1, 0.15) is 44.6 Å². The monoisotopic (exact) mass is 315 g/mol. The number of nitrogens with zero attached hydrogens (tertiary/aromatic N) is 2. The first kappa shape index (κ1) is 16.0. The summed E-state index contributed by atoms with van der Waals surface area (Å²) in [5.74, 6) is 0. The molecule has 0 saturated heterocycles. The van der Waals surface area contributed by atoms with E-state index in [1.807, 2.05) is 0 Å². The molecule has 1 saturated carbocycles. The molecule has 5 heteroatoms. The molecule has 1 fully saturated rings. The number of halogens is 2. The van der Waals surface area contributed by atoms with Gasteiger partial charge in [-0.1, -0.05) is 30.1 Å². The molecule has 1 aliphatic rings. The lowest BCUT2D eigenvalue weighted by Gasteiger charge is -2.36. The fourth-order valence-electron chi connectivity index (χ4n) is 2.92. The summed E-state index contributed by atoms with van der Waals surface area (Å²) in [4.78, 5) is 6.66. The standard InChI is InChI=1S/C15H23Cl2N3/c1-2-7-20(13-5-3-12(18)4-6-13)10-11-9-19-15(17)8-14(11)16/h8-9,12-13H,2-7,10,18H2,1H3. The molecule has 1 aromatic heterocycles. The number of hydrogen-bond acceptors (Lipinski definition) is 3. The summed E-state index contributed by atoms with van der Waals surface area (Å²) in [7, 11) is 0. The quantitative estimate of drug-likeness (QED) is 0.839. The minimum atomic E-state index is 0.385. The second kappa shape index (κ2) is 7.60. The van der Waals surface area contributed by atoms with E-state index in [2.05, 4.69) is 16.8 Å². The minimum absolute atomic E-state index is 0.385. The molecular formula is C15H23Cl2N3. The Labute approximate surface area is 131 Å². The summed E-state index contributed by atoms with van der Waals surface area (Å²) in [5.41, 5.74) is 7.06. The van der Waals surface area contributed by atoms with Gasteiger partial charge in [0.15, 0.2) is 0 Å². The first-order valence-electron chi connectivity index (χ1n) is 7.39. The van der Waals surface area contributed by atoms with Gasteiger partial charge in [-0.3, -0.25) is 4.90 Å². The molecule has 0 atom stereocenters. The van der Waals surface area contributed by atoms with Crippen molar-refractivity contribution in [2.75, 3.05) is 6.54 Å². The maximum atomic E-state index is 6.26. The molecule has 0 radical (unpaired) electrons. The van der Waals surface area contributed by atoms with Crippen molar-refractivity contribution in [3.8, 4) is 0 Å². The van der Waals surface area contributed by atoms with Gasteiger partial charge < -0.3 is 5.73 Å². The second-order valence-electron chi connectivity index (χ2n) is 5.64. The van der Waals surface area contributed by atoms with E-state index in [4.69, 9.17) is 28.9 Å². The van der Waals surface area contributed by atoms with Crippen LogP contribution in [-0.4, -0.2) is 28.5 Å². The summed E-state index contributed by atoms with van der Waals surface area (Å²) in [6.45, 7) is 4.14. The van der Waals surface area contributed by atoms with E-state index in [1.54, 1.807) is 12.3 Å². The molecule has 112 valence electrons. The van der Waals surface area contributed by atoms with E-state index in [9.17, 15) is 0 Å². The summed E-state index contributed by atoms with van der Waals surface area (Å²) in [5, 5.41) is 1.16. The van der Waals surface area contributed by atoms with Crippen LogP contribution in [0.4, 0.5) is 0 Å². The van der Waals surface area contributed by atoms with Gasteiger partial charge in [0.1, 0.15) is 5.15 Å². The van der Waals surface area contributed by atoms with Crippen LogP contribution in [0.2, 0.25) is 10.2 Å². The number of rotatable bonds is 5. The molecule has 0 bridgehead atoms. The molecule has 0 spiro atoms. The normalized spacial score (nSPS) is 23.2. The van der Waals surface area contributed by atoms with Gasteiger partial charge in [0.2, 0.25) is 0 Å². The molecule has 0 aliphatic heterocycles. The van der Waals surface area contributed by atoms with Crippen molar-refractivity contribution in [2.24, 2.45) is 5.73 Å². The van der Waals surface area contributed by atoms with Crippen LogP contribution in [0.25, 0.3) is 0 Å². The molecule has 0 aromatic carbocycles. The Morgan fingerprint density at radius 2 is 2.00 bits per heavy atom. The van der Waals surface area contributed by atoms with E-state index in [-0.39, 0.29) is 0 Å². The Morgan fingerprint density at radius 3 is 2.60 bits per heavy atom. The molecule has 2 N–H and O–H groups in total. The summed E-state index contributed by atoms with van der Waals surface area (Å²) < 4.78 is 0. The lowest BCUT2D eigenvalue weighted by Crippen LogP contribution is -2.40. The molecule has 3 nitrogen and oxygen atoms in total. The summed E-state index contributed by atoms with van der Waals surface area (Å²) in [6.07, 6.45) is 7.54. The third kappa shape index (κ3) is 4.32. The van der Waals surface area contributed by atoms with Crippen LogP contribution >= 0.6 is 23.2 Å². The molecule has 2 rings (SSSR count). The zero-order chi connectivity index (χ0) is 14.5. The highest BCUT2D eigenvalue weighted by Crippen LogP contribution is 2.26. The van der Waals surface area contributed by atoms with Crippen molar-refractivity contribution in [1.82, 2.24) is 9.88 Å². The predicted molar refractivity (Wildman–Crippen MR) is 85.2 cm³/mol. The highest BCUT2D eigenvalue weighted by atomic mass is 35.5. The summed E-state index contributed by atoms with van der Waals surface area (Å²) in [6, 6.07) is 2.72. The molecule has 1 aliphatic carbocycles. The van der Waals surface area contributed by atoms with Gasteiger partial charge in [-0.15, -0.1) is 0 Å². The predicted octanol–water partition coefficient (Wildman–Crippen LogP) is 3.87. The van der Waals surface area contributed by atoms with Crippen LogP contribution in [0.3, 0.4) is 0 Å². The van der Waals surface area contributed by atoms with Crippen molar-refractivity contribution >= 4 is 23.2 Å². The van der Waals surface area contributed by atoms with Crippen LogP contribution < -0.4 is 5.73 Å². The van der Waals surface area contributed by atoms with Crippen LogP contribution in [0.5, 0.6) is 0 Å². The molecular weight excluding hydrogens is 293 g/mol. The van der Waals surface area contributed by atoms with Gasteiger partial charge in [-0.2, -0.15) is 0 Å². The van der Waals surface area contributed by atoms with Crippen molar-refractivity contribution in [1.29, 1.82) is 0 Å². The van der Waals surface area contributed by atoms with Crippen LogP contribution in [-0.2, 0) is 6.54 Å². The maximum absolute atomic E-state index is 6.26. The van der Waals surface area contributed by atoms with Crippen LogP contribution in [0, 0.1) is 0 Å². The van der Waals surface area contributed by atoms with Crippen molar-refractivity contribution in [2.45, 2.75) is 57.7 Å². The number of pyridine rings is 1. The first-order chi connectivity index (χ1) is 9.60. The van der Waals surface area contributed by atoms with Gasteiger partial charge in [-0.25, -0.2) is 4.98 Å². The Morgan fingerprint density at radius 1 is 1.30 bits per heavy atom. The SMILES string of the molecule is CCCN(Cc1cnc(Cl)cc1Cl)C1CCC(N)CC1. The van der Waals surface area contributed by atoms with Gasteiger partial charge in [-0.05, 0) is 44.7 Å². The second-order valence-corrected chi connectivity index (χ2v) is 6.43. The van der Waals surface area contributed by atoms with E-state index in [0.29, 0.717) is 22.3 Å². The zero-order valence-electron chi connectivity index (χ0n) is 12.0. The topological polar surface area (TPSA) is 42.2 Å². The largest absolute Gasteiger partial charge is 0.328 e. The first-order valence-corrected chi connectivity index (χ1v) is 8.15. The van der Waals surface area contributed by atoms with E-state index >= 15 is 0 Å². The van der Waals surface area contributed by atoms with Gasteiger partial charge in [0.25, 0.3) is 0 Å². The Balaban J connectivity index is 2.04. The Bertz CT molecular complexity index is 431. The lowest BCUT2D eigenvalue weighted by molar-refractivity contribution is 0.142. The van der Waals surface area contributed by atoms with E-state index in [0.717, 1.165) is 37.9 Å². The lowest BCUT2D eigenvalue weighted by atomic mass is 9.90. The van der Waals surface area contributed by atoms with Gasteiger partial charge in [0.05, 0.1) is 0 Å². The summed E-state index contributed by atoms with van der Waals surface area (Å²) >= 11 is 12.1. The number of aromatic nitrogens is 1. The Kier molecular flexibility index (Phi) is 6.09. The molecule has 0 amide bonds. The molecule has 0 unspecified atom stereocenters. The van der Waals surface area contributed by atoms with Gasteiger partial charge in [0, 0.05) is 35.4 Å².